The molecule has 0 saturated carbocycles. The van der Waals surface area contributed by atoms with Crippen molar-refractivity contribution in [1.29, 1.82) is 0 Å². The zero-order valence-corrected chi connectivity index (χ0v) is 11.0. The van der Waals surface area contributed by atoms with Crippen LogP contribution in [0, 0.1) is 5.82 Å². The first kappa shape index (κ1) is 14.1. The van der Waals surface area contributed by atoms with Gasteiger partial charge in [0.1, 0.15) is 5.82 Å². The molecule has 0 fully saturated rings. The molecule has 3 nitrogen and oxygen atoms in total. The van der Waals surface area contributed by atoms with E-state index in [1.54, 1.807) is 12.1 Å². The first-order valence-corrected chi connectivity index (χ1v) is 5.84. The summed E-state index contributed by atoms with van der Waals surface area (Å²) in [6.07, 6.45) is 0.937. The average Bonchev–Trinajstić information content (AvgIpc) is 2.31. The fraction of sp³-hybridized carbons (Fsp3) is 0.538. The lowest BCUT2D eigenvalue weighted by Crippen LogP contribution is -2.52. The van der Waals surface area contributed by atoms with Crippen molar-refractivity contribution in [2.75, 3.05) is 14.1 Å². The molecule has 4 heteroatoms. The van der Waals surface area contributed by atoms with E-state index < -0.39 is 0 Å². The number of hydrazine groups is 1. The summed E-state index contributed by atoms with van der Waals surface area (Å²) >= 11 is 0. The number of halogens is 1. The lowest BCUT2D eigenvalue weighted by Gasteiger charge is -2.42. The minimum atomic E-state index is -0.229. The van der Waals surface area contributed by atoms with Crippen LogP contribution in [-0.4, -0.2) is 24.5 Å². The molecule has 3 N–H and O–H groups in total. The van der Waals surface area contributed by atoms with E-state index in [-0.39, 0.29) is 17.4 Å². The number of benzene rings is 1. The molecule has 0 radical (unpaired) electrons. The summed E-state index contributed by atoms with van der Waals surface area (Å²) in [7, 11) is 4.05. The van der Waals surface area contributed by atoms with Gasteiger partial charge in [0, 0.05) is 5.54 Å². The maximum atomic E-state index is 12.9. The molecule has 0 aliphatic carbocycles. The molecule has 96 valence electrons. The van der Waals surface area contributed by atoms with Gasteiger partial charge < -0.3 is 4.90 Å². The molecule has 0 aliphatic heterocycles. The normalized spacial score (nSPS) is 16.9. The minimum Gasteiger partial charge on any atom is -0.302 e. The smallest absolute Gasteiger partial charge is 0.123 e. The van der Waals surface area contributed by atoms with Gasteiger partial charge in [0.2, 0.25) is 0 Å². The Kier molecular flexibility index (Phi) is 4.62. The van der Waals surface area contributed by atoms with Gasteiger partial charge in [0.05, 0.1) is 6.04 Å². The van der Waals surface area contributed by atoms with E-state index in [1.807, 2.05) is 14.1 Å². The average molecular weight is 239 g/mol. The number of nitrogens with zero attached hydrogens (tertiary/aromatic N) is 1. The molecule has 0 saturated heterocycles. The van der Waals surface area contributed by atoms with Crippen LogP contribution in [0.4, 0.5) is 4.39 Å². The molecule has 0 heterocycles. The highest BCUT2D eigenvalue weighted by molar-refractivity contribution is 5.23. The van der Waals surface area contributed by atoms with Crippen molar-refractivity contribution in [3.8, 4) is 0 Å². The van der Waals surface area contributed by atoms with Crippen LogP contribution in [0.3, 0.4) is 0 Å². The van der Waals surface area contributed by atoms with E-state index in [9.17, 15) is 4.39 Å². The van der Waals surface area contributed by atoms with Gasteiger partial charge in [-0.25, -0.2) is 4.39 Å². The molecular weight excluding hydrogens is 217 g/mol. The topological polar surface area (TPSA) is 41.3 Å². The molecule has 0 aromatic heterocycles. The Morgan fingerprint density at radius 1 is 1.35 bits per heavy atom. The summed E-state index contributed by atoms with van der Waals surface area (Å²) in [6.45, 7) is 4.26. The summed E-state index contributed by atoms with van der Waals surface area (Å²) in [6, 6.07) is 6.44. The van der Waals surface area contributed by atoms with Gasteiger partial charge in [0.15, 0.2) is 0 Å². The third-order valence-electron chi connectivity index (χ3n) is 3.73. The molecule has 17 heavy (non-hydrogen) atoms. The van der Waals surface area contributed by atoms with Crippen molar-refractivity contribution in [3.63, 3.8) is 0 Å². The monoisotopic (exact) mass is 239 g/mol. The van der Waals surface area contributed by atoms with Gasteiger partial charge in [0.25, 0.3) is 0 Å². The molecular formula is C13H22FN3. The maximum absolute atomic E-state index is 12.9. The molecule has 2 unspecified atom stereocenters. The quantitative estimate of drug-likeness (QED) is 0.610. The van der Waals surface area contributed by atoms with Crippen LogP contribution in [0.2, 0.25) is 0 Å². The largest absolute Gasteiger partial charge is 0.302 e. The Hall–Kier alpha value is -0.970. The molecule has 0 bridgehead atoms. The van der Waals surface area contributed by atoms with Crippen LogP contribution in [0.25, 0.3) is 0 Å². The fourth-order valence-electron chi connectivity index (χ4n) is 2.07. The number of rotatable bonds is 5. The van der Waals surface area contributed by atoms with Crippen molar-refractivity contribution in [3.05, 3.63) is 35.6 Å². The van der Waals surface area contributed by atoms with E-state index in [0.29, 0.717) is 0 Å². The number of hydrogen-bond acceptors (Lipinski definition) is 3. The Balaban J connectivity index is 3.09. The summed E-state index contributed by atoms with van der Waals surface area (Å²) in [5.41, 5.74) is 3.72. The van der Waals surface area contributed by atoms with Crippen LogP contribution >= 0.6 is 0 Å². The lowest BCUT2D eigenvalue weighted by atomic mass is 9.84. The van der Waals surface area contributed by atoms with E-state index in [0.717, 1.165) is 12.0 Å². The first-order valence-electron chi connectivity index (χ1n) is 5.84. The summed E-state index contributed by atoms with van der Waals surface area (Å²) in [4.78, 5) is 2.14. The van der Waals surface area contributed by atoms with Gasteiger partial charge in [-0.1, -0.05) is 19.1 Å². The standard InChI is InChI=1S/C13H22FN3/c1-5-13(2,17(3)4)12(16-15)10-6-8-11(14)9-7-10/h6-9,12,16H,5,15H2,1-4H3. The Labute approximate surface area is 103 Å². The predicted octanol–water partition coefficient (Wildman–Crippen LogP) is 2.06. The van der Waals surface area contributed by atoms with Crippen molar-refractivity contribution < 1.29 is 4.39 Å². The second kappa shape index (κ2) is 5.58. The first-order chi connectivity index (χ1) is 7.95. The zero-order chi connectivity index (χ0) is 13.1. The summed E-state index contributed by atoms with van der Waals surface area (Å²) in [5.74, 6) is 5.44. The maximum Gasteiger partial charge on any atom is 0.123 e. The number of nitrogens with one attached hydrogen (secondary N) is 1. The number of hydrogen-bond donors (Lipinski definition) is 2. The molecule has 0 aliphatic rings. The molecule has 1 rings (SSSR count). The molecule has 0 spiro atoms. The Morgan fingerprint density at radius 2 is 1.88 bits per heavy atom. The highest BCUT2D eigenvalue weighted by atomic mass is 19.1. The van der Waals surface area contributed by atoms with Crippen molar-refractivity contribution in [2.45, 2.75) is 31.8 Å². The highest BCUT2D eigenvalue weighted by Gasteiger charge is 2.35. The van der Waals surface area contributed by atoms with Crippen molar-refractivity contribution >= 4 is 0 Å². The van der Waals surface area contributed by atoms with Gasteiger partial charge in [-0.3, -0.25) is 11.3 Å². The lowest BCUT2D eigenvalue weighted by molar-refractivity contribution is 0.113. The third-order valence-corrected chi connectivity index (χ3v) is 3.73. The van der Waals surface area contributed by atoms with Crippen LogP contribution in [0.5, 0.6) is 0 Å². The number of nitrogens with two attached hydrogens (primary N) is 1. The van der Waals surface area contributed by atoms with Gasteiger partial charge in [-0.2, -0.15) is 0 Å². The minimum absolute atomic E-state index is 0.0388. The fourth-order valence-corrected chi connectivity index (χ4v) is 2.07. The predicted molar refractivity (Wildman–Crippen MR) is 68.8 cm³/mol. The zero-order valence-electron chi connectivity index (χ0n) is 11.0. The van der Waals surface area contributed by atoms with Crippen LogP contribution in [0.15, 0.2) is 24.3 Å². The summed E-state index contributed by atoms with van der Waals surface area (Å²) in [5, 5.41) is 0. The molecule has 1 aromatic rings. The highest BCUT2D eigenvalue weighted by Crippen LogP contribution is 2.32. The van der Waals surface area contributed by atoms with Crippen molar-refractivity contribution in [1.82, 2.24) is 10.3 Å². The molecule has 1 aromatic carbocycles. The Morgan fingerprint density at radius 3 is 2.24 bits per heavy atom. The van der Waals surface area contributed by atoms with Crippen LogP contribution < -0.4 is 11.3 Å². The van der Waals surface area contributed by atoms with Gasteiger partial charge in [-0.15, -0.1) is 0 Å². The SMILES string of the molecule is CCC(C)(C(NN)c1ccc(F)cc1)N(C)C. The third kappa shape index (κ3) is 2.83. The summed E-state index contributed by atoms with van der Waals surface area (Å²) < 4.78 is 12.9. The van der Waals surface area contributed by atoms with Gasteiger partial charge in [-0.05, 0) is 45.1 Å². The van der Waals surface area contributed by atoms with E-state index in [1.165, 1.54) is 12.1 Å². The van der Waals surface area contributed by atoms with E-state index in [4.69, 9.17) is 5.84 Å². The van der Waals surface area contributed by atoms with Crippen LogP contribution in [-0.2, 0) is 0 Å². The van der Waals surface area contributed by atoms with E-state index in [2.05, 4.69) is 24.2 Å². The van der Waals surface area contributed by atoms with E-state index >= 15 is 0 Å². The Bertz CT molecular complexity index is 350. The second-order valence-electron chi connectivity index (χ2n) is 4.76. The second-order valence-corrected chi connectivity index (χ2v) is 4.76. The van der Waals surface area contributed by atoms with Gasteiger partial charge >= 0.3 is 0 Å². The van der Waals surface area contributed by atoms with Crippen LogP contribution in [0.1, 0.15) is 31.9 Å². The molecule has 2 atom stereocenters. The van der Waals surface area contributed by atoms with Crippen molar-refractivity contribution in [2.24, 2.45) is 5.84 Å². The number of likely N-dealkylation sites (N-methyl/N-ethyl adjacent to an activating group) is 1. The molecule has 0 amide bonds.